The van der Waals surface area contributed by atoms with Gasteiger partial charge in [0.15, 0.2) is 6.10 Å². The number of nitrogens with zero attached hydrogens (tertiary/aromatic N) is 2. The van der Waals surface area contributed by atoms with Gasteiger partial charge in [-0.2, -0.15) is 0 Å². The molecule has 9 amide bonds. The minimum absolute atomic E-state index is 0.00216. The van der Waals surface area contributed by atoms with Crippen molar-refractivity contribution in [2.45, 2.75) is 186 Å². The highest BCUT2D eigenvalue weighted by Gasteiger charge is 2.47. The van der Waals surface area contributed by atoms with Crippen LogP contribution < -0.4 is 37.2 Å². The molecule has 0 aromatic heterocycles. The Labute approximate surface area is 490 Å². The van der Waals surface area contributed by atoms with Crippen molar-refractivity contribution in [3.05, 3.63) is 58.1 Å². The summed E-state index contributed by atoms with van der Waals surface area (Å²) in [7, 11) is 1.23. The maximum atomic E-state index is 14.7. The number of hydrogen-bond donors (Lipinski definition) is 13. The van der Waals surface area contributed by atoms with E-state index in [1.54, 1.807) is 53.7 Å². The molecule has 2 saturated heterocycles. The molecule has 4 rings (SSSR count). The highest BCUT2D eigenvalue weighted by Crippen LogP contribution is 2.28. The molecule has 26 nitrogen and oxygen atoms in total. The number of aryl methyl sites for hydroxylation is 1. The minimum Gasteiger partial charge on any atom is -0.508 e. The van der Waals surface area contributed by atoms with Gasteiger partial charge in [-0.25, -0.2) is 4.79 Å². The van der Waals surface area contributed by atoms with Crippen LogP contribution in [-0.2, 0) is 65.5 Å². The third kappa shape index (κ3) is 19.0. The highest BCUT2D eigenvalue weighted by atomic mass is 79.9. The van der Waals surface area contributed by atoms with Gasteiger partial charge in [0.1, 0.15) is 78.2 Å². The zero-order valence-electron chi connectivity index (χ0n) is 48.4. The Morgan fingerprint density at radius 1 is 0.771 bits per heavy atom. The predicted octanol–water partition coefficient (Wildman–Crippen LogP) is -0.987. The van der Waals surface area contributed by atoms with Crippen LogP contribution in [0.15, 0.2) is 46.9 Å². The number of amides is 9. The van der Waals surface area contributed by atoms with E-state index >= 15 is 0 Å². The number of aliphatic hydroxyl groups is 4. The predicted molar refractivity (Wildman–Crippen MR) is 302 cm³/mol. The van der Waals surface area contributed by atoms with E-state index in [0.717, 1.165) is 15.4 Å². The monoisotopic (exact) mass is 1230 g/mol. The van der Waals surface area contributed by atoms with Crippen LogP contribution in [0.25, 0.3) is 0 Å². The summed E-state index contributed by atoms with van der Waals surface area (Å²) in [5.74, 6) is -11.7. The fourth-order valence-corrected chi connectivity index (χ4v) is 9.95. The minimum atomic E-state index is -1.86. The number of carbonyl (C=O) groups is 10. The second-order valence-electron chi connectivity index (χ2n) is 22.3. The summed E-state index contributed by atoms with van der Waals surface area (Å²) in [6.45, 7) is 12.5. The molecule has 0 radical (unpaired) electrons. The molecule has 13 N–H and O–H groups in total. The number of cyclic esters (lactones) is 1. The number of carbonyl (C=O) groups excluding carboxylic acids is 10. The lowest BCUT2D eigenvalue weighted by atomic mass is 9.96. The third-order valence-corrected chi connectivity index (χ3v) is 15.0. The fraction of sp³-hybridized carbons (Fsp3) is 0.607. The first-order valence-electron chi connectivity index (χ1n) is 27.7. The fourth-order valence-electron chi connectivity index (χ4n) is 9.52. The molecule has 2 aromatic carbocycles. The Balaban J connectivity index is 1.72. The molecule has 13 atom stereocenters. The van der Waals surface area contributed by atoms with Gasteiger partial charge >= 0.3 is 5.97 Å². The summed E-state index contributed by atoms with van der Waals surface area (Å²) < 4.78 is 6.14. The molecule has 2 aliphatic heterocycles. The SMILES string of the molecule is CC(C)C[C@@H]1NC(=O)[C@@H](NC(=O)[C@@H](NC(=O)[C@H](C)NC(=O)[C@H](CCCc2ccc(O)cc2)NC(=O)[C@H](O)CO)C(C)C)[C@@H](C)OC(=O)[C@H](C(C)C)NC(=O)[C@H](Cc2ccc(O)c(Br)c2)N(C)C(=O)C([C@H](C)O)N2C(=O)[C@H](CC[C@H]2O)NC1=O. The third-order valence-electron chi connectivity index (χ3n) is 14.4. The lowest BCUT2D eigenvalue weighted by Gasteiger charge is -2.43. The van der Waals surface area contributed by atoms with Gasteiger partial charge in [-0.1, -0.05) is 59.7 Å². The Bertz CT molecular complexity index is 2640. The second kappa shape index (κ2) is 31.1. The van der Waals surface area contributed by atoms with Crippen molar-refractivity contribution in [3.63, 3.8) is 0 Å². The average Bonchev–Trinajstić information content (AvgIpc) is 3.51. The normalized spacial score (nSPS) is 24.2. The molecule has 2 bridgehead atoms. The van der Waals surface area contributed by atoms with E-state index in [1.165, 1.54) is 58.2 Å². The van der Waals surface area contributed by atoms with Gasteiger partial charge in [0.05, 0.1) is 17.2 Å². The number of likely N-dealkylation sites (N-methyl/N-ethyl adjacent to an activating group) is 1. The lowest BCUT2D eigenvalue weighted by molar-refractivity contribution is -0.170. The molecular weight excluding hydrogens is 1150 g/mol. The van der Waals surface area contributed by atoms with Crippen molar-refractivity contribution in [2.24, 2.45) is 17.8 Å². The van der Waals surface area contributed by atoms with E-state index in [4.69, 9.17) is 4.74 Å². The number of phenols is 2. The van der Waals surface area contributed by atoms with Crippen LogP contribution in [0.5, 0.6) is 11.5 Å². The number of nitrogens with one attached hydrogen (secondary N) is 7. The van der Waals surface area contributed by atoms with Crippen LogP contribution in [0.3, 0.4) is 0 Å². The van der Waals surface area contributed by atoms with Crippen LogP contribution in [0.2, 0.25) is 0 Å². The van der Waals surface area contributed by atoms with E-state index in [0.29, 0.717) is 18.4 Å². The van der Waals surface area contributed by atoms with Gasteiger partial charge in [-0.05, 0) is 128 Å². The van der Waals surface area contributed by atoms with Crippen molar-refractivity contribution >= 4 is 75.1 Å². The van der Waals surface area contributed by atoms with Crippen molar-refractivity contribution in [1.82, 2.24) is 47.0 Å². The van der Waals surface area contributed by atoms with Crippen molar-refractivity contribution in [1.29, 1.82) is 0 Å². The largest absolute Gasteiger partial charge is 0.508 e. The first kappa shape index (κ1) is 68.6. The number of phenolic OH excluding ortho intramolecular Hbond substituents is 2. The topological polar surface area (TPSA) is 392 Å². The van der Waals surface area contributed by atoms with E-state index in [2.05, 4.69) is 53.1 Å². The van der Waals surface area contributed by atoms with E-state index in [-0.39, 0.29) is 54.0 Å². The van der Waals surface area contributed by atoms with Crippen LogP contribution in [0, 0.1) is 17.8 Å². The second-order valence-corrected chi connectivity index (χ2v) is 23.2. The smallest absolute Gasteiger partial charge is 0.329 e. The van der Waals surface area contributed by atoms with Crippen LogP contribution >= 0.6 is 15.9 Å². The molecule has 1 unspecified atom stereocenters. The number of ether oxygens (including phenoxy) is 1. The first-order chi connectivity index (χ1) is 38.9. The molecule has 460 valence electrons. The Kier molecular flexibility index (Phi) is 25.7. The highest BCUT2D eigenvalue weighted by molar-refractivity contribution is 9.10. The number of hydrogen-bond acceptors (Lipinski definition) is 17. The number of aromatic hydroxyl groups is 2. The number of fused-ring (bicyclic) bond motifs is 2. The molecule has 2 aliphatic rings. The van der Waals surface area contributed by atoms with Crippen molar-refractivity contribution < 1.29 is 83.3 Å². The van der Waals surface area contributed by atoms with Crippen LogP contribution in [-0.4, -0.2) is 192 Å². The van der Waals surface area contributed by atoms with Crippen LogP contribution in [0.1, 0.15) is 106 Å². The lowest BCUT2D eigenvalue weighted by Crippen LogP contribution is -2.67. The summed E-state index contributed by atoms with van der Waals surface area (Å²) in [5.41, 5.74) is 1.20. The first-order valence-corrected chi connectivity index (χ1v) is 28.5. The number of halogens is 1. The Hall–Kier alpha value is -6.94. The van der Waals surface area contributed by atoms with Crippen LogP contribution in [0.4, 0.5) is 0 Å². The molecule has 2 aromatic rings. The number of aliphatic hydroxyl groups excluding tert-OH is 4. The molecule has 2 heterocycles. The Morgan fingerprint density at radius 2 is 1.41 bits per heavy atom. The summed E-state index contributed by atoms with van der Waals surface area (Å²) in [6, 6.07) is -3.15. The summed E-state index contributed by atoms with van der Waals surface area (Å²) in [6.07, 6.45) is -6.75. The van der Waals surface area contributed by atoms with Gasteiger partial charge < -0.3 is 82.4 Å². The van der Waals surface area contributed by atoms with Crippen molar-refractivity contribution in [3.8, 4) is 11.5 Å². The quantitative estimate of drug-likeness (QED) is 0.0708. The molecule has 27 heteroatoms. The van der Waals surface area contributed by atoms with Gasteiger partial charge in [0.25, 0.3) is 5.91 Å². The Morgan fingerprint density at radius 3 is 1.99 bits per heavy atom. The van der Waals surface area contributed by atoms with Gasteiger partial charge in [0.2, 0.25) is 47.3 Å². The maximum absolute atomic E-state index is 14.7. The summed E-state index contributed by atoms with van der Waals surface area (Å²) >= 11 is 3.25. The molecule has 0 spiro atoms. The van der Waals surface area contributed by atoms with Gasteiger partial charge in [-0.15, -0.1) is 0 Å². The summed E-state index contributed by atoms with van der Waals surface area (Å²) in [5, 5.41) is 79.7. The maximum Gasteiger partial charge on any atom is 0.329 e. The standard InChI is InChI=1S/C56H82BrN9O17/c1-26(2)22-38-49(75)60-37-19-21-42(72)66(54(37)80)46(30(8)68)55(81)65(10)39(24-33-16-20-40(70)35(57)23-33)50(76)63-44(28(5)6)56(82)83-31(9)45(53(79)61-38)64-52(78)43(27(3)4)62-47(73)29(7)58-48(74)36(59-51(77)41(71)25-67)13-11-12-32-14-17-34(69)18-15-32/h14-18,20,23,26-31,36-39,41-46,67-72H,11-13,19,21-22,24-25H2,1-10H3,(H,58,74)(H,59,77)(H,60,75)(H,61,79)(H,62,73)(H,63,76)(H,64,78)/t29-,30-,31+,36-,37-,38-,39-,41+,42+,43-,44-,45-,46?/m0/s1. The number of benzene rings is 2. The molecule has 0 aliphatic carbocycles. The number of esters is 1. The molecule has 0 saturated carbocycles. The van der Waals surface area contributed by atoms with E-state index < -0.39 is 156 Å². The van der Waals surface area contributed by atoms with E-state index in [1.807, 2.05) is 0 Å². The summed E-state index contributed by atoms with van der Waals surface area (Å²) in [4.78, 5) is 144. The zero-order valence-corrected chi connectivity index (χ0v) is 50.0. The number of piperidine rings is 1. The van der Waals surface area contributed by atoms with Crippen molar-refractivity contribution in [2.75, 3.05) is 13.7 Å². The van der Waals surface area contributed by atoms with Gasteiger partial charge in [-0.3, -0.25) is 43.2 Å². The molecular formula is C56H82BrN9O17. The number of rotatable bonds is 20. The molecule has 83 heavy (non-hydrogen) atoms. The average molecular weight is 1230 g/mol. The van der Waals surface area contributed by atoms with Gasteiger partial charge in [0, 0.05) is 13.5 Å². The molecule has 2 fully saturated rings. The van der Waals surface area contributed by atoms with E-state index in [9.17, 15) is 78.6 Å². The zero-order chi connectivity index (χ0) is 62.3.